The third-order valence-electron chi connectivity index (χ3n) is 5.04. The standard InChI is InChI=1S/C23H18N4O2/c1-2-29-23(28)21-18-12-16-13-24-22(15-8-4-3-5-9-15)27(16)19-11-7-6-10-17(19)20(18)25-14-26-21/h3-11,13-14H,2,12H2,1H3. The molecular weight excluding hydrogens is 364 g/mol. The number of rotatable bonds is 3. The number of benzene rings is 2. The summed E-state index contributed by atoms with van der Waals surface area (Å²) in [5.41, 5.74) is 5.72. The zero-order valence-electron chi connectivity index (χ0n) is 15.9. The topological polar surface area (TPSA) is 69.9 Å². The van der Waals surface area contributed by atoms with E-state index in [0.717, 1.165) is 39.6 Å². The molecule has 0 unspecified atom stereocenters. The predicted octanol–water partition coefficient (Wildman–Crippen LogP) is 4.08. The van der Waals surface area contributed by atoms with Crippen molar-refractivity contribution < 1.29 is 9.53 Å². The minimum atomic E-state index is -0.431. The summed E-state index contributed by atoms with van der Waals surface area (Å²) in [4.78, 5) is 26.0. The maximum Gasteiger partial charge on any atom is 0.357 e. The molecule has 0 aliphatic carbocycles. The second kappa shape index (κ2) is 6.98. The fourth-order valence-corrected chi connectivity index (χ4v) is 3.81. The first-order valence-corrected chi connectivity index (χ1v) is 9.50. The lowest BCUT2D eigenvalue weighted by atomic mass is 10.0. The second-order valence-electron chi connectivity index (χ2n) is 6.74. The largest absolute Gasteiger partial charge is 0.461 e. The fourth-order valence-electron chi connectivity index (χ4n) is 3.81. The van der Waals surface area contributed by atoms with E-state index in [4.69, 9.17) is 9.72 Å². The fraction of sp³-hybridized carbons (Fsp3) is 0.130. The lowest BCUT2D eigenvalue weighted by Gasteiger charge is -2.13. The smallest absolute Gasteiger partial charge is 0.357 e. The highest BCUT2D eigenvalue weighted by molar-refractivity contribution is 5.92. The Balaban J connectivity index is 1.78. The van der Waals surface area contributed by atoms with Crippen molar-refractivity contribution in [2.24, 2.45) is 0 Å². The van der Waals surface area contributed by atoms with Gasteiger partial charge in [-0.05, 0) is 13.0 Å². The zero-order chi connectivity index (χ0) is 19.8. The number of esters is 1. The Labute approximate surface area is 167 Å². The third kappa shape index (κ3) is 2.81. The molecule has 0 bridgehead atoms. The Bertz CT molecular complexity index is 1210. The first-order valence-electron chi connectivity index (χ1n) is 9.50. The van der Waals surface area contributed by atoms with Gasteiger partial charge in [-0.2, -0.15) is 0 Å². The quantitative estimate of drug-likeness (QED) is 0.440. The monoisotopic (exact) mass is 382 g/mol. The summed E-state index contributed by atoms with van der Waals surface area (Å²) >= 11 is 0. The molecule has 1 aliphatic rings. The van der Waals surface area contributed by atoms with Gasteiger partial charge in [-0.3, -0.25) is 4.57 Å². The summed E-state index contributed by atoms with van der Waals surface area (Å²) in [6.07, 6.45) is 3.77. The summed E-state index contributed by atoms with van der Waals surface area (Å²) < 4.78 is 7.37. The highest BCUT2D eigenvalue weighted by atomic mass is 16.5. The van der Waals surface area contributed by atoms with Crippen molar-refractivity contribution in [1.82, 2.24) is 19.5 Å². The number of carbonyl (C=O) groups is 1. The Hall–Kier alpha value is -3.80. The van der Waals surface area contributed by atoms with Crippen molar-refractivity contribution in [3.05, 3.63) is 84.1 Å². The molecule has 142 valence electrons. The molecule has 29 heavy (non-hydrogen) atoms. The van der Waals surface area contributed by atoms with E-state index in [2.05, 4.69) is 14.5 Å². The molecule has 0 radical (unpaired) electrons. The van der Waals surface area contributed by atoms with Gasteiger partial charge in [-0.15, -0.1) is 0 Å². The molecule has 0 saturated carbocycles. The number of nitrogens with zero attached hydrogens (tertiary/aromatic N) is 4. The molecule has 0 amide bonds. The Kier molecular flexibility index (Phi) is 4.17. The molecular formula is C23H18N4O2. The maximum absolute atomic E-state index is 12.5. The van der Waals surface area contributed by atoms with Crippen molar-refractivity contribution in [3.63, 3.8) is 0 Å². The molecule has 6 heteroatoms. The van der Waals surface area contributed by atoms with Crippen LogP contribution >= 0.6 is 0 Å². The molecule has 0 saturated heterocycles. The molecule has 3 heterocycles. The van der Waals surface area contributed by atoms with Gasteiger partial charge in [-0.1, -0.05) is 48.5 Å². The molecule has 0 N–H and O–H groups in total. The number of fused-ring (bicyclic) bond motifs is 5. The molecule has 1 aliphatic heterocycles. The van der Waals surface area contributed by atoms with Crippen LogP contribution in [0.15, 0.2) is 67.1 Å². The minimum Gasteiger partial charge on any atom is -0.461 e. The van der Waals surface area contributed by atoms with Crippen molar-refractivity contribution in [3.8, 4) is 28.3 Å². The lowest BCUT2D eigenvalue weighted by molar-refractivity contribution is 0.0518. The summed E-state index contributed by atoms with van der Waals surface area (Å²) in [6.45, 7) is 2.08. The van der Waals surface area contributed by atoms with Crippen molar-refractivity contribution in [2.75, 3.05) is 6.61 Å². The molecule has 2 aromatic carbocycles. The van der Waals surface area contributed by atoms with Gasteiger partial charge in [0.05, 0.1) is 18.0 Å². The molecule has 6 nitrogen and oxygen atoms in total. The van der Waals surface area contributed by atoms with E-state index in [1.165, 1.54) is 6.33 Å². The number of imidazole rings is 1. The van der Waals surface area contributed by atoms with Crippen molar-refractivity contribution in [2.45, 2.75) is 13.3 Å². The van der Waals surface area contributed by atoms with Gasteiger partial charge >= 0.3 is 5.97 Å². The van der Waals surface area contributed by atoms with Gasteiger partial charge in [0, 0.05) is 35.0 Å². The number of ether oxygens (including phenoxy) is 1. The van der Waals surface area contributed by atoms with Crippen LogP contribution < -0.4 is 0 Å². The van der Waals surface area contributed by atoms with Crippen LogP contribution in [0.5, 0.6) is 0 Å². The number of carbonyl (C=O) groups excluding carboxylic acids is 1. The van der Waals surface area contributed by atoms with Crippen LogP contribution in [0.1, 0.15) is 28.7 Å². The normalized spacial score (nSPS) is 11.8. The van der Waals surface area contributed by atoms with Crippen LogP contribution in [0.3, 0.4) is 0 Å². The van der Waals surface area contributed by atoms with Gasteiger partial charge in [0.25, 0.3) is 0 Å². The molecule has 0 spiro atoms. The van der Waals surface area contributed by atoms with Crippen LogP contribution in [0.2, 0.25) is 0 Å². The molecule has 2 aromatic heterocycles. The van der Waals surface area contributed by atoms with Gasteiger partial charge in [-0.25, -0.2) is 19.7 Å². The Morgan fingerprint density at radius 2 is 1.83 bits per heavy atom. The molecule has 0 fully saturated rings. The first kappa shape index (κ1) is 17.3. The summed E-state index contributed by atoms with van der Waals surface area (Å²) in [5, 5.41) is 0. The minimum absolute atomic E-state index is 0.296. The average Bonchev–Trinajstić information content (AvgIpc) is 3.12. The van der Waals surface area contributed by atoms with E-state index >= 15 is 0 Å². The van der Waals surface area contributed by atoms with Crippen LogP contribution in [-0.2, 0) is 11.2 Å². The summed E-state index contributed by atoms with van der Waals surface area (Å²) in [6, 6.07) is 18.1. The van der Waals surface area contributed by atoms with E-state index < -0.39 is 5.97 Å². The SMILES string of the molecule is CCOC(=O)c1ncnc2c1Cc1cnc(-c3ccccc3)n1-c1ccccc1-2. The van der Waals surface area contributed by atoms with Gasteiger partial charge in [0.1, 0.15) is 12.2 Å². The number of hydrogen-bond donors (Lipinski definition) is 0. The summed E-state index contributed by atoms with van der Waals surface area (Å²) in [5.74, 6) is 0.423. The summed E-state index contributed by atoms with van der Waals surface area (Å²) in [7, 11) is 0. The van der Waals surface area contributed by atoms with Crippen molar-refractivity contribution >= 4 is 5.97 Å². The predicted molar refractivity (Wildman–Crippen MR) is 109 cm³/mol. The number of para-hydroxylation sites is 1. The van der Waals surface area contributed by atoms with Crippen LogP contribution in [-0.4, -0.2) is 32.1 Å². The average molecular weight is 382 g/mol. The maximum atomic E-state index is 12.5. The highest BCUT2D eigenvalue weighted by Gasteiger charge is 2.27. The Morgan fingerprint density at radius 1 is 1.03 bits per heavy atom. The Morgan fingerprint density at radius 3 is 2.66 bits per heavy atom. The number of aromatic nitrogens is 4. The van der Waals surface area contributed by atoms with Crippen molar-refractivity contribution in [1.29, 1.82) is 0 Å². The highest BCUT2D eigenvalue weighted by Crippen LogP contribution is 2.37. The van der Waals surface area contributed by atoms with Gasteiger partial charge in [0.2, 0.25) is 0 Å². The van der Waals surface area contributed by atoms with E-state index in [-0.39, 0.29) is 0 Å². The van der Waals surface area contributed by atoms with E-state index in [1.54, 1.807) is 6.92 Å². The molecule has 0 atom stereocenters. The first-order chi connectivity index (χ1) is 14.3. The number of hydrogen-bond acceptors (Lipinski definition) is 5. The molecule has 4 aromatic rings. The van der Waals surface area contributed by atoms with E-state index in [9.17, 15) is 4.79 Å². The third-order valence-corrected chi connectivity index (χ3v) is 5.04. The van der Waals surface area contributed by atoms with E-state index in [0.29, 0.717) is 18.7 Å². The van der Waals surface area contributed by atoms with Crippen LogP contribution in [0, 0.1) is 0 Å². The van der Waals surface area contributed by atoms with Crippen LogP contribution in [0.4, 0.5) is 0 Å². The van der Waals surface area contributed by atoms with Crippen LogP contribution in [0.25, 0.3) is 28.3 Å². The second-order valence-corrected chi connectivity index (χ2v) is 6.74. The van der Waals surface area contributed by atoms with E-state index in [1.807, 2.05) is 60.8 Å². The molecule has 5 rings (SSSR count). The van der Waals surface area contributed by atoms with Gasteiger partial charge in [0.15, 0.2) is 5.69 Å². The zero-order valence-corrected chi connectivity index (χ0v) is 15.9. The van der Waals surface area contributed by atoms with Gasteiger partial charge < -0.3 is 4.74 Å². The lowest BCUT2D eigenvalue weighted by Crippen LogP contribution is -2.12.